The summed E-state index contributed by atoms with van der Waals surface area (Å²) in [6, 6.07) is 6.17. The number of pyridine rings is 1. The molecule has 0 saturated carbocycles. The Balaban J connectivity index is 2.06. The summed E-state index contributed by atoms with van der Waals surface area (Å²) >= 11 is 0. The van der Waals surface area contributed by atoms with Crippen molar-refractivity contribution < 1.29 is 0 Å². The van der Waals surface area contributed by atoms with Crippen LogP contribution in [0.3, 0.4) is 0 Å². The zero-order valence-electron chi connectivity index (χ0n) is 12.5. The van der Waals surface area contributed by atoms with Gasteiger partial charge in [0.15, 0.2) is 0 Å². The average Bonchev–Trinajstić information content (AvgIpc) is 2.64. The highest BCUT2D eigenvalue weighted by Gasteiger charge is 2.27. The summed E-state index contributed by atoms with van der Waals surface area (Å²) < 4.78 is 0. The highest BCUT2D eigenvalue weighted by molar-refractivity contribution is 5.39. The first-order valence-electron chi connectivity index (χ1n) is 7.41. The zero-order chi connectivity index (χ0) is 13.9. The van der Waals surface area contributed by atoms with Gasteiger partial charge in [-0.05, 0) is 42.7 Å². The Hall–Kier alpha value is -1.09. The molecule has 106 valence electrons. The lowest BCUT2D eigenvalue weighted by Crippen LogP contribution is -2.27. The van der Waals surface area contributed by atoms with Crippen molar-refractivity contribution in [2.45, 2.75) is 46.6 Å². The highest BCUT2D eigenvalue weighted by atomic mass is 15.2. The van der Waals surface area contributed by atoms with E-state index in [1.165, 1.54) is 19.3 Å². The zero-order valence-corrected chi connectivity index (χ0v) is 12.5. The minimum Gasteiger partial charge on any atom is -0.357 e. The smallest absolute Gasteiger partial charge is 0.128 e. The fraction of sp³-hybridized carbons (Fsp3) is 0.688. The second-order valence-electron chi connectivity index (χ2n) is 6.67. The van der Waals surface area contributed by atoms with Crippen molar-refractivity contribution in [2.75, 3.05) is 18.0 Å². The van der Waals surface area contributed by atoms with Gasteiger partial charge in [0.1, 0.15) is 5.82 Å². The van der Waals surface area contributed by atoms with E-state index in [2.05, 4.69) is 42.8 Å². The van der Waals surface area contributed by atoms with Gasteiger partial charge in [-0.25, -0.2) is 4.98 Å². The first-order valence-corrected chi connectivity index (χ1v) is 7.41. The second kappa shape index (κ2) is 5.91. The van der Waals surface area contributed by atoms with E-state index < -0.39 is 0 Å². The van der Waals surface area contributed by atoms with Gasteiger partial charge in [-0.2, -0.15) is 0 Å². The van der Waals surface area contributed by atoms with Crippen LogP contribution in [0.2, 0.25) is 0 Å². The number of nitrogens with zero attached hydrogens (tertiary/aromatic N) is 2. The van der Waals surface area contributed by atoms with Gasteiger partial charge in [0.2, 0.25) is 0 Å². The van der Waals surface area contributed by atoms with Crippen molar-refractivity contribution in [1.82, 2.24) is 4.98 Å². The van der Waals surface area contributed by atoms with E-state index in [1.54, 1.807) is 0 Å². The number of rotatable bonds is 2. The molecule has 2 N–H and O–H groups in total. The molecule has 2 rings (SSSR count). The van der Waals surface area contributed by atoms with E-state index in [9.17, 15) is 0 Å². The summed E-state index contributed by atoms with van der Waals surface area (Å²) in [6.07, 6.45) is 3.85. The van der Waals surface area contributed by atoms with Gasteiger partial charge in [0.05, 0.1) is 5.69 Å². The minimum absolute atomic E-state index is 0.419. The molecule has 3 heteroatoms. The summed E-state index contributed by atoms with van der Waals surface area (Å²) in [6.45, 7) is 9.84. The van der Waals surface area contributed by atoms with Gasteiger partial charge in [-0.3, -0.25) is 0 Å². The number of hydrogen-bond donors (Lipinski definition) is 1. The van der Waals surface area contributed by atoms with Crippen LogP contribution in [0.5, 0.6) is 0 Å². The molecule has 1 aliphatic heterocycles. The standard InChI is InChI=1S/C16H27N3/c1-16(2,3)13-6-5-10-19(11-9-13)15-8-4-7-14(12-17)18-15/h4,7-8,13H,5-6,9-12,17H2,1-3H3. The predicted molar refractivity (Wildman–Crippen MR) is 81.1 cm³/mol. The molecule has 0 spiro atoms. The second-order valence-corrected chi connectivity index (χ2v) is 6.67. The lowest BCUT2D eigenvalue weighted by atomic mass is 9.77. The van der Waals surface area contributed by atoms with Crippen LogP contribution in [-0.2, 0) is 6.54 Å². The van der Waals surface area contributed by atoms with E-state index >= 15 is 0 Å². The first kappa shape index (κ1) is 14.3. The van der Waals surface area contributed by atoms with E-state index in [0.717, 1.165) is 30.5 Å². The Morgan fingerprint density at radius 1 is 1.26 bits per heavy atom. The predicted octanol–water partition coefficient (Wildman–Crippen LogP) is 3.19. The van der Waals surface area contributed by atoms with Crippen LogP contribution in [0.25, 0.3) is 0 Å². The van der Waals surface area contributed by atoms with Crippen molar-refractivity contribution in [3.05, 3.63) is 23.9 Å². The summed E-state index contributed by atoms with van der Waals surface area (Å²) in [5.41, 5.74) is 7.08. The van der Waals surface area contributed by atoms with E-state index in [1.807, 2.05) is 6.07 Å². The Bertz CT molecular complexity index is 409. The fourth-order valence-electron chi connectivity index (χ4n) is 2.95. The van der Waals surface area contributed by atoms with Gasteiger partial charge in [-0.1, -0.05) is 26.8 Å². The molecule has 0 radical (unpaired) electrons. The number of anilines is 1. The molecule has 0 amide bonds. The van der Waals surface area contributed by atoms with E-state index in [-0.39, 0.29) is 0 Å². The van der Waals surface area contributed by atoms with Crippen LogP contribution < -0.4 is 10.6 Å². The van der Waals surface area contributed by atoms with Crippen LogP contribution in [0.4, 0.5) is 5.82 Å². The molecule has 1 aliphatic rings. The molecule has 3 nitrogen and oxygen atoms in total. The first-order chi connectivity index (χ1) is 9.00. The monoisotopic (exact) mass is 261 g/mol. The number of aromatic nitrogens is 1. The van der Waals surface area contributed by atoms with Crippen molar-refractivity contribution >= 4 is 5.82 Å². The van der Waals surface area contributed by atoms with Gasteiger partial charge in [0, 0.05) is 19.6 Å². The average molecular weight is 261 g/mol. The molecule has 1 unspecified atom stereocenters. The SMILES string of the molecule is CC(C)(C)C1CCCN(c2cccc(CN)n2)CC1. The maximum Gasteiger partial charge on any atom is 0.128 e. The van der Waals surface area contributed by atoms with Gasteiger partial charge >= 0.3 is 0 Å². The van der Waals surface area contributed by atoms with Gasteiger partial charge in [0.25, 0.3) is 0 Å². The third-order valence-corrected chi connectivity index (χ3v) is 4.28. The molecule has 1 aromatic rings. The molecule has 1 fully saturated rings. The molecule has 1 saturated heterocycles. The molecular formula is C16H27N3. The van der Waals surface area contributed by atoms with E-state index in [4.69, 9.17) is 5.73 Å². The number of nitrogens with two attached hydrogens (primary N) is 1. The third kappa shape index (κ3) is 3.69. The quantitative estimate of drug-likeness (QED) is 0.889. The van der Waals surface area contributed by atoms with Gasteiger partial charge < -0.3 is 10.6 Å². The highest BCUT2D eigenvalue weighted by Crippen LogP contribution is 2.34. The van der Waals surface area contributed by atoms with Crippen molar-refractivity contribution in [3.63, 3.8) is 0 Å². The maximum atomic E-state index is 5.68. The molecule has 19 heavy (non-hydrogen) atoms. The maximum absolute atomic E-state index is 5.68. The molecular weight excluding hydrogens is 234 g/mol. The Morgan fingerprint density at radius 2 is 2.05 bits per heavy atom. The Morgan fingerprint density at radius 3 is 2.74 bits per heavy atom. The molecule has 1 atom stereocenters. The lowest BCUT2D eigenvalue weighted by molar-refractivity contribution is 0.220. The fourth-order valence-corrected chi connectivity index (χ4v) is 2.95. The van der Waals surface area contributed by atoms with E-state index in [0.29, 0.717) is 12.0 Å². The van der Waals surface area contributed by atoms with Crippen LogP contribution >= 0.6 is 0 Å². The third-order valence-electron chi connectivity index (χ3n) is 4.28. The molecule has 2 heterocycles. The molecule has 0 aliphatic carbocycles. The molecule has 0 aromatic carbocycles. The molecule has 0 bridgehead atoms. The van der Waals surface area contributed by atoms with Crippen LogP contribution in [-0.4, -0.2) is 18.1 Å². The topological polar surface area (TPSA) is 42.1 Å². The van der Waals surface area contributed by atoms with Crippen molar-refractivity contribution in [1.29, 1.82) is 0 Å². The summed E-state index contributed by atoms with van der Waals surface area (Å²) in [5.74, 6) is 1.91. The lowest BCUT2D eigenvalue weighted by Gasteiger charge is -2.30. The number of hydrogen-bond acceptors (Lipinski definition) is 3. The van der Waals surface area contributed by atoms with Crippen molar-refractivity contribution in [2.24, 2.45) is 17.1 Å². The summed E-state index contributed by atoms with van der Waals surface area (Å²) in [7, 11) is 0. The van der Waals surface area contributed by atoms with Gasteiger partial charge in [-0.15, -0.1) is 0 Å². The molecule has 1 aromatic heterocycles. The van der Waals surface area contributed by atoms with Crippen LogP contribution in [0.1, 0.15) is 45.7 Å². The van der Waals surface area contributed by atoms with Crippen molar-refractivity contribution in [3.8, 4) is 0 Å². The largest absolute Gasteiger partial charge is 0.357 e. The minimum atomic E-state index is 0.419. The Labute approximate surface area is 117 Å². The summed E-state index contributed by atoms with van der Waals surface area (Å²) in [4.78, 5) is 7.07. The van der Waals surface area contributed by atoms with Crippen LogP contribution in [0, 0.1) is 11.3 Å². The Kier molecular flexibility index (Phi) is 4.46. The normalized spacial score (nSPS) is 21.3. The summed E-state index contributed by atoms with van der Waals surface area (Å²) in [5, 5.41) is 0. The van der Waals surface area contributed by atoms with Crippen LogP contribution in [0.15, 0.2) is 18.2 Å².